The van der Waals surface area contributed by atoms with Crippen LogP contribution in [0.5, 0.6) is 0 Å². The quantitative estimate of drug-likeness (QED) is 0.774. The maximum Gasteiger partial charge on any atom is 0.258 e. The predicted octanol–water partition coefficient (Wildman–Crippen LogP) is -0.0705. The summed E-state index contributed by atoms with van der Waals surface area (Å²) in [6.07, 6.45) is -0.532. The maximum atomic E-state index is 12.6. The Bertz CT molecular complexity index is 837. The van der Waals surface area contributed by atoms with Gasteiger partial charge in [-0.2, -0.15) is 0 Å². The Morgan fingerprint density at radius 2 is 2.27 bits per heavy atom. The predicted molar refractivity (Wildman–Crippen MR) is 98.7 cm³/mol. The highest BCUT2D eigenvalue weighted by Gasteiger charge is 2.30. The van der Waals surface area contributed by atoms with Crippen LogP contribution in [0.1, 0.15) is 12.7 Å². The number of aromatic amines is 1. The summed E-state index contributed by atoms with van der Waals surface area (Å²) in [5.41, 5.74) is 6.16. The Morgan fingerprint density at radius 1 is 1.50 bits per heavy atom. The molecule has 26 heavy (non-hydrogen) atoms. The molecule has 1 fully saturated rings. The van der Waals surface area contributed by atoms with Crippen LogP contribution in [-0.4, -0.2) is 71.1 Å². The van der Waals surface area contributed by atoms with Crippen molar-refractivity contribution in [1.29, 1.82) is 0 Å². The third-order valence-electron chi connectivity index (χ3n) is 4.81. The number of carbonyl (C=O) groups is 1. The Hall–Kier alpha value is -2.29. The zero-order valence-corrected chi connectivity index (χ0v) is 15.1. The molecule has 2 atom stereocenters. The number of amides is 1. The van der Waals surface area contributed by atoms with E-state index < -0.39 is 6.10 Å². The van der Waals surface area contributed by atoms with Gasteiger partial charge in [0.05, 0.1) is 24.1 Å². The van der Waals surface area contributed by atoms with E-state index in [-0.39, 0.29) is 17.5 Å². The molecule has 1 amide bonds. The molecule has 1 aliphatic heterocycles. The van der Waals surface area contributed by atoms with Crippen molar-refractivity contribution < 1.29 is 9.53 Å². The summed E-state index contributed by atoms with van der Waals surface area (Å²) in [7, 11) is 1.74. The number of hydrogen-bond acceptors (Lipinski definition) is 6. The van der Waals surface area contributed by atoms with Crippen LogP contribution in [0.25, 0.3) is 10.9 Å². The highest BCUT2D eigenvalue weighted by molar-refractivity contribution is 5.81. The molecular weight excluding hydrogens is 334 g/mol. The van der Waals surface area contributed by atoms with E-state index in [1.807, 2.05) is 25.1 Å². The van der Waals surface area contributed by atoms with Gasteiger partial charge in [0.25, 0.3) is 11.5 Å². The van der Waals surface area contributed by atoms with Crippen LogP contribution >= 0.6 is 0 Å². The number of carbonyl (C=O) groups excluding carboxylic acids is 1. The van der Waals surface area contributed by atoms with E-state index in [1.54, 1.807) is 18.0 Å². The van der Waals surface area contributed by atoms with Gasteiger partial charge in [0, 0.05) is 32.7 Å². The molecular formula is C18H25N5O3. The molecule has 0 saturated carbocycles. The van der Waals surface area contributed by atoms with Gasteiger partial charge < -0.3 is 20.4 Å². The molecule has 8 heteroatoms. The van der Waals surface area contributed by atoms with Gasteiger partial charge in [-0.1, -0.05) is 12.1 Å². The zero-order valence-electron chi connectivity index (χ0n) is 15.1. The first-order valence-corrected chi connectivity index (χ1v) is 8.78. The average Bonchev–Trinajstić information content (AvgIpc) is 2.66. The van der Waals surface area contributed by atoms with Crippen LogP contribution in [0.3, 0.4) is 0 Å². The van der Waals surface area contributed by atoms with Gasteiger partial charge in [-0.05, 0) is 19.1 Å². The van der Waals surface area contributed by atoms with Crippen molar-refractivity contribution in [3.8, 4) is 0 Å². The lowest BCUT2D eigenvalue weighted by Crippen LogP contribution is -2.52. The molecule has 1 aromatic carbocycles. The molecule has 2 aromatic rings. The fraction of sp³-hybridized carbons (Fsp3) is 0.500. The number of aromatic nitrogens is 2. The minimum Gasteiger partial charge on any atom is -0.366 e. The molecule has 2 heterocycles. The number of likely N-dealkylation sites (N-methyl/N-ethyl adjacent to an activating group) is 1. The number of para-hydroxylation sites is 1. The maximum absolute atomic E-state index is 12.6. The fourth-order valence-electron chi connectivity index (χ4n) is 3.02. The molecule has 1 aromatic heterocycles. The summed E-state index contributed by atoms with van der Waals surface area (Å²) in [5, 5.41) is 0.573. The number of nitrogens with two attached hydrogens (primary N) is 1. The number of H-pyrrole nitrogens is 1. The Kier molecular flexibility index (Phi) is 5.65. The van der Waals surface area contributed by atoms with Gasteiger partial charge in [-0.15, -0.1) is 0 Å². The van der Waals surface area contributed by atoms with Gasteiger partial charge in [0.1, 0.15) is 11.9 Å². The lowest BCUT2D eigenvalue weighted by molar-refractivity contribution is -0.150. The molecule has 1 saturated heterocycles. The number of nitrogens with zero attached hydrogens (tertiary/aromatic N) is 3. The Balaban J connectivity index is 1.71. The number of nitrogens with one attached hydrogen (secondary N) is 1. The summed E-state index contributed by atoms with van der Waals surface area (Å²) >= 11 is 0. The molecule has 3 rings (SSSR count). The van der Waals surface area contributed by atoms with Crippen LogP contribution in [0, 0.1) is 0 Å². The van der Waals surface area contributed by atoms with Crippen molar-refractivity contribution in [2.24, 2.45) is 5.73 Å². The van der Waals surface area contributed by atoms with E-state index in [1.165, 1.54) is 0 Å². The molecule has 0 radical (unpaired) electrons. The largest absolute Gasteiger partial charge is 0.366 e. The number of rotatable bonds is 5. The SMILES string of the molecule is C[C@H](CN)N(C)C(=O)[C@@H]1CN(Cc2nc3ccccc3c(=O)[nH]2)CCO1. The number of morpholine rings is 1. The summed E-state index contributed by atoms with van der Waals surface area (Å²) in [6, 6.07) is 7.21. The first kappa shape index (κ1) is 18.5. The van der Waals surface area contributed by atoms with Crippen molar-refractivity contribution in [3.05, 3.63) is 40.4 Å². The number of ether oxygens (including phenoxy) is 1. The van der Waals surface area contributed by atoms with Crippen LogP contribution in [-0.2, 0) is 16.1 Å². The highest BCUT2D eigenvalue weighted by Crippen LogP contribution is 2.12. The van der Waals surface area contributed by atoms with Crippen molar-refractivity contribution >= 4 is 16.8 Å². The first-order chi connectivity index (χ1) is 12.5. The zero-order chi connectivity index (χ0) is 18.7. The second-order valence-electron chi connectivity index (χ2n) is 6.66. The van der Waals surface area contributed by atoms with E-state index >= 15 is 0 Å². The standard InChI is InChI=1S/C18H25N5O3/c1-12(9-19)22(2)18(25)15-10-23(7-8-26-15)11-16-20-14-6-4-3-5-13(14)17(24)21-16/h3-6,12,15H,7-11,19H2,1-2H3,(H,20,21,24)/t12-,15+/m1/s1. The second kappa shape index (κ2) is 7.94. The van der Waals surface area contributed by atoms with Gasteiger partial charge in [-0.25, -0.2) is 4.98 Å². The summed E-state index contributed by atoms with van der Waals surface area (Å²) in [5.74, 6) is 0.512. The van der Waals surface area contributed by atoms with E-state index in [4.69, 9.17) is 10.5 Å². The van der Waals surface area contributed by atoms with Crippen LogP contribution in [0.2, 0.25) is 0 Å². The van der Waals surface area contributed by atoms with Crippen molar-refractivity contribution in [2.45, 2.75) is 25.6 Å². The Morgan fingerprint density at radius 3 is 3.04 bits per heavy atom. The molecule has 0 bridgehead atoms. The van der Waals surface area contributed by atoms with E-state index in [0.717, 1.165) is 0 Å². The molecule has 8 nitrogen and oxygen atoms in total. The highest BCUT2D eigenvalue weighted by atomic mass is 16.5. The lowest BCUT2D eigenvalue weighted by atomic mass is 10.2. The minimum atomic E-state index is -0.532. The normalized spacial score (nSPS) is 19.4. The van der Waals surface area contributed by atoms with Crippen LogP contribution in [0.15, 0.2) is 29.1 Å². The van der Waals surface area contributed by atoms with E-state index in [9.17, 15) is 9.59 Å². The second-order valence-corrected chi connectivity index (χ2v) is 6.66. The molecule has 1 aliphatic rings. The smallest absolute Gasteiger partial charge is 0.258 e. The van der Waals surface area contributed by atoms with Gasteiger partial charge in [0.15, 0.2) is 0 Å². The van der Waals surface area contributed by atoms with Crippen molar-refractivity contribution in [3.63, 3.8) is 0 Å². The minimum absolute atomic E-state index is 0.0417. The average molecular weight is 359 g/mol. The summed E-state index contributed by atoms with van der Waals surface area (Å²) in [4.78, 5) is 35.8. The topological polar surface area (TPSA) is 105 Å². The number of hydrogen-bond donors (Lipinski definition) is 2. The molecule has 140 valence electrons. The molecule has 0 unspecified atom stereocenters. The van der Waals surface area contributed by atoms with Crippen molar-refractivity contribution in [2.75, 3.05) is 33.3 Å². The summed E-state index contributed by atoms with van der Waals surface area (Å²) < 4.78 is 5.65. The third-order valence-corrected chi connectivity index (χ3v) is 4.81. The molecule has 3 N–H and O–H groups in total. The fourth-order valence-corrected chi connectivity index (χ4v) is 3.02. The Labute approximate surface area is 151 Å². The van der Waals surface area contributed by atoms with Crippen molar-refractivity contribution in [1.82, 2.24) is 19.8 Å². The van der Waals surface area contributed by atoms with Gasteiger partial charge in [-0.3, -0.25) is 14.5 Å². The van der Waals surface area contributed by atoms with E-state index in [2.05, 4.69) is 14.9 Å². The van der Waals surface area contributed by atoms with E-state index in [0.29, 0.717) is 49.5 Å². The lowest BCUT2D eigenvalue weighted by Gasteiger charge is -2.35. The van der Waals surface area contributed by atoms with Crippen LogP contribution < -0.4 is 11.3 Å². The summed E-state index contributed by atoms with van der Waals surface area (Å²) in [6.45, 7) is 4.36. The first-order valence-electron chi connectivity index (χ1n) is 8.78. The van der Waals surface area contributed by atoms with Gasteiger partial charge in [0.2, 0.25) is 0 Å². The molecule has 0 spiro atoms. The molecule has 0 aliphatic carbocycles. The monoisotopic (exact) mass is 359 g/mol. The van der Waals surface area contributed by atoms with Gasteiger partial charge >= 0.3 is 0 Å². The van der Waals surface area contributed by atoms with Crippen LogP contribution in [0.4, 0.5) is 0 Å². The third kappa shape index (κ3) is 3.92. The number of benzene rings is 1. The number of fused-ring (bicyclic) bond motifs is 1.